The van der Waals surface area contributed by atoms with E-state index in [1.807, 2.05) is 37.4 Å². The molecule has 0 aliphatic carbocycles. The molecular formula is C24H30N6O3. The number of aromatic nitrogens is 2. The minimum atomic E-state index is -0.485. The Labute approximate surface area is 192 Å². The molecule has 174 valence electrons. The predicted octanol–water partition coefficient (Wildman–Crippen LogP) is 0.499. The van der Waals surface area contributed by atoms with Gasteiger partial charge >= 0.3 is 6.09 Å². The molecular weight excluding hydrogens is 420 g/mol. The molecule has 2 N–H and O–H groups in total. The topological polar surface area (TPSA) is 103 Å². The van der Waals surface area contributed by atoms with Crippen molar-refractivity contribution in [3.8, 4) is 5.88 Å². The third-order valence-corrected chi connectivity index (χ3v) is 5.76. The molecule has 1 atom stereocenters. The fourth-order valence-electron chi connectivity index (χ4n) is 3.85. The molecule has 0 radical (unpaired) electrons. The van der Waals surface area contributed by atoms with E-state index >= 15 is 0 Å². The largest absolute Gasteiger partial charge is 0.416 e. The molecule has 1 saturated heterocycles. The van der Waals surface area contributed by atoms with Crippen molar-refractivity contribution in [2.24, 2.45) is 10.4 Å². The van der Waals surface area contributed by atoms with Crippen LogP contribution in [0, 0.1) is 5.41 Å². The highest BCUT2D eigenvalue weighted by molar-refractivity contribution is 5.76. The number of hydrogen-bond donors (Lipinski definition) is 2. The van der Waals surface area contributed by atoms with Crippen molar-refractivity contribution in [2.45, 2.75) is 26.8 Å². The second-order valence-electron chi connectivity index (χ2n) is 9.45. The van der Waals surface area contributed by atoms with Crippen LogP contribution in [0.15, 0.2) is 40.1 Å². The molecule has 1 amide bonds. The van der Waals surface area contributed by atoms with E-state index in [1.165, 1.54) is 0 Å². The zero-order valence-corrected chi connectivity index (χ0v) is 19.5. The number of carbonyl (C=O) groups excluding carboxylic acids is 1. The summed E-state index contributed by atoms with van der Waals surface area (Å²) in [5, 5.41) is 3.62. The fraction of sp³-hybridized carbons (Fsp3) is 0.417. The number of H-pyrrole nitrogens is 1. The summed E-state index contributed by atoms with van der Waals surface area (Å²) >= 11 is 0. The fourth-order valence-corrected chi connectivity index (χ4v) is 3.85. The van der Waals surface area contributed by atoms with E-state index in [1.54, 1.807) is 17.3 Å². The van der Waals surface area contributed by atoms with Gasteiger partial charge in [-0.1, -0.05) is 51.1 Å². The summed E-state index contributed by atoms with van der Waals surface area (Å²) in [4.78, 5) is 41.6. The molecule has 4 rings (SSSR count). The van der Waals surface area contributed by atoms with Gasteiger partial charge in [0, 0.05) is 26.2 Å². The lowest BCUT2D eigenvalue weighted by Crippen LogP contribution is -2.49. The normalized spacial score (nSPS) is 21.3. The van der Waals surface area contributed by atoms with E-state index in [0.29, 0.717) is 24.1 Å². The highest BCUT2D eigenvalue weighted by Crippen LogP contribution is 2.29. The average molecular weight is 451 g/mol. The Morgan fingerprint density at radius 2 is 1.85 bits per heavy atom. The summed E-state index contributed by atoms with van der Waals surface area (Å²) in [7, 11) is 2.02. The van der Waals surface area contributed by atoms with Gasteiger partial charge in [-0.25, -0.2) is 9.78 Å². The van der Waals surface area contributed by atoms with E-state index < -0.39 is 6.09 Å². The zero-order valence-electron chi connectivity index (χ0n) is 19.5. The SMILES string of the molecule is CN1CCN(C(=O)Oc2nc(=Cc3ccccc3)c(=O)[nH]c2=C2NC=NC2C(C)(C)C)CC1. The van der Waals surface area contributed by atoms with Gasteiger partial charge in [-0.2, -0.15) is 0 Å². The average Bonchev–Trinajstić information content (AvgIpc) is 3.27. The van der Waals surface area contributed by atoms with Crippen molar-refractivity contribution in [2.75, 3.05) is 33.2 Å². The van der Waals surface area contributed by atoms with Gasteiger partial charge in [0.1, 0.15) is 10.7 Å². The lowest BCUT2D eigenvalue weighted by atomic mass is 9.85. The van der Waals surface area contributed by atoms with Crippen LogP contribution in [0.5, 0.6) is 5.88 Å². The minimum Gasteiger partial charge on any atom is -0.389 e. The molecule has 3 heterocycles. The number of nitrogens with one attached hydrogen (secondary N) is 2. The van der Waals surface area contributed by atoms with Gasteiger partial charge in [0.2, 0.25) is 0 Å². The van der Waals surface area contributed by atoms with E-state index in [0.717, 1.165) is 18.7 Å². The number of nitrogens with zero attached hydrogens (tertiary/aromatic N) is 4. The number of ether oxygens (including phenoxy) is 1. The van der Waals surface area contributed by atoms with E-state index in [2.05, 4.69) is 45.9 Å². The summed E-state index contributed by atoms with van der Waals surface area (Å²) in [5.74, 6) is 0.0583. The number of benzene rings is 1. The molecule has 1 fully saturated rings. The van der Waals surface area contributed by atoms with E-state index in [4.69, 9.17) is 4.74 Å². The maximum Gasteiger partial charge on any atom is 0.416 e. The molecule has 9 nitrogen and oxygen atoms in total. The first-order valence-corrected chi connectivity index (χ1v) is 11.1. The van der Waals surface area contributed by atoms with Crippen LogP contribution in [-0.2, 0) is 0 Å². The second-order valence-corrected chi connectivity index (χ2v) is 9.45. The van der Waals surface area contributed by atoms with Crippen LogP contribution in [-0.4, -0.2) is 71.5 Å². The number of carbonyl (C=O) groups is 1. The molecule has 2 aliphatic heterocycles. The Morgan fingerprint density at radius 1 is 1.15 bits per heavy atom. The van der Waals surface area contributed by atoms with Gasteiger partial charge in [-0.3, -0.25) is 9.79 Å². The monoisotopic (exact) mass is 450 g/mol. The van der Waals surface area contributed by atoms with Gasteiger partial charge in [-0.15, -0.1) is 0 Å². The molecule has 0 saturated carbocycles. The third kappa shape index (κ3) is 5.14. The van der Waals surface area contributed by atoms with Crippen molar-refractivity contribution in [1.29, 1.82) is 0 Å². The summed E-state index contributed by atoms with van der Waals surface area (Å²) in [6.07, 6.45) is 2.78. The molecule has 1 aromatic heterocycles. The standard InChI is InChI=1S/C24H30N6O3/c1-24(2,3)20-18(25-15-26-20)19-22(33-23(32)30-12-10-29(4)11-13-30)27-17(21(31)28-19)14-16-8-6-5-7-9-16/h5-9,14-15,20H,10-13H2,1-4H3,(H,25,26)(H,28,31). The molecule has 1 unspecified atom stereocenters. The predicted molar refractivity (Wildman–Crippen MR) is 127 cm³/mol. The lowest BCUT2D eigenvalue weighted by Gasteiger charge is -2.31. The van der Waals surface area contributed by atoms with Crippen LogP contribution >= 0.6 is 0 Å². The highest BCUT2D eigenvalue weighted by Gasteiger charge is 2.32. The van der Waals surface area contributed by atoms with E-state index in [-0.39, 0.29) is 28.2 Å². The summed E-state index contributed by atoms with van der Waals surface area (Å²) in [6, 6.07) is 9.16. The van der Waals surface area contributed by atoms with Crippen molar-refractivity contribution >= 4 is 24.2 Å². The quantitative estimate of drug-likeness (QED) is 0.691. The molecule has 1 aromatic carbocycles. The van der Waals surface area contributed by atoms with Gasteiger partial charge in [-0.05, 0) is 24.1 Å². The Hall–Kier alpha value is -3.46. The maximum absolute atomic E-state index is 13.0. The van der Waals surface area contributed by atoms with Crippen LogP contribution in [0.3, 0.4) is 0 Å². The first kappa shape index (κ1) is 22.7. The lowest BCUT2D eigenvalue weighted by molar-refractivity contribution is 0.118. The number of aliphatic imine (C=N–C) groups is 1. The van der Waals surface area contributed by atoms with Crippen LogP contribution in [0.25, 0.3) is 11.8 Å². The van der Waals surface area contributed by atoms with Crippen LogP contribution in [0.2, 0.25) is 0 Å². The third-order valence-electron chi connectivity index (χ3n) is 5.76. The zero-order chi connectivity index (χ0) is 23.6. The van der Waals surface area contributed by atoms with Gasteiger partial charge < -0.3 is 24.8 Å². The van der Waals surface area contributed by atoms with Crippen molar-refractivity contribution < 1.29 is 9.53 Å². The summed E-state index contributed by atoms with van der Waals surface area (Å²) in [5.41, 5.74) is 0.878. The van der Waals surface area contributed by atoms with Gasteiger partial charge in [0.25, 0.3) is 11.4 Å². The first-order chi connectivity index (χ1) is 15.7. The first-order valence-electron chi connectivity index (χ1n) is 11.1. The number of piperazine rings is 1. The maximum atomic E-state index is 13.0. The number of amides is 1. The van der Waals surface area contributed by atoms with Crippen LogP contribution < -0.4 is 26.3 Å². The Morgan fingerprint density at radius 3 is 2.52 bits per heavy atom. The highest BCUT2D eigenvalue weighted by atomic mass is 16.6. The minimum absolute atomic E-state index is 0.0583. The molecule has 0 spiro atoms. The van der Waals surface area contributed by atoms with Gasteiger partial charge in [0.05, 0.1) is 18.1 Å². The van der Waals surface area contributed by atoms with Crippen molar-refractivity contribution in [3.05, 3.63) is 56.9 Å². The smallest absolute Gasteiger partial charge is 0.389 e. The Balaban J connectivity index is 1.82. The number of aromatic amines is 1. The molecule has 2 aromatic rings. The Bertz CT molecular complexity index is 1220. The second kappa shape index (κ2) is 9.19. The summed E-state index contributed by atoms with van der Waals surface area (Å²) < 4.78 is 5.78. The Kier molecular flexibility index (Phi) is 6.33. The molecule has 9 heteroatoms. The summed E-state index contributed by atoms with van der Waals surface area (Å²) in [6.45, 7) is 8.85. The van der Waals surface area contributed by atoms with Crippen molar-refractivity contribution in [1.82, 2.24) is 25.1 Å². The van der Waals surface area contributed by atoms with Gasteiger partial charge in [0.15, 0.2) is 0 Å². The van der Waals surface area contributed by atoms with Crippen molar-refractivity contribution in [3.63, 3.8) is 0 Å². The molecule has 2 aliphatic rings. The van der Waals surface area contributed by atoms with Crippen LogP contribution in [0.1, 0.15) is 26.3 Å². The number of rotatable bonds is 2. The molecule has 0 bridgehead atoms. The molecule has 33 heavy (non-hydrogen) atoms. The van der Waals surface area contributed by atoms with E-state index in [9.17, 15) is 9.59 Å². The number of likely N-dealkylation sites (N-methyl/N-ethyl adjacent to an activating group) is 1. The number of hydrogen-bond acceptors (Lipinski definition) is 7. The van der Waals surface area contributed by atoms with Crippen LogP contribution in [0.4, 0.5) is 4.79 Å².